The standard InChI is InChI=1S/C42H49NO2/c1-28-23-35(30(3)38-13-6-4-5-12-37(38)29(28)2)19-17-33-21-22-43-40(26-33)41(44)14-8-10-32-18-20-39-36(24-32)25-34(27-42(39)45)11-7-9-31-15-16-31/h4-6,12,20-24,26,28,30-32,34,38H,7-11,13-16,18,25,27H2,1-3H3. The molecule has 1 aromatic rings. The van der Waals surface area contributed by atoms with Gasteiger partial charge in [0.25, 0.3) is 0 Å². The predicted molar refractivity (Wildman–Crippen MR) is 183 cm³/mol. The van der Waals surface area contributed by atoms with Crippen molar-refractivity contribution >= 4 is 11.6 Å². The van der Waals surface area contributed by atoms with Crippen LogP contribution in [0, 0.1) is 47.3 Å². The number of nitrogens with zero attached hydrogens (tertiary/aromatic N) is 1. The number of hydrogen-bond donors (Lipinski definition) is 0. The lowest BCUT2D eigenvalue weighted by Crippen LogP contribution is -2.22. The molecule has 0 radical (unpaired) electrons. The fraction of sp³-hybridized carbons (Fsp3) is 0.500. The van der Waals surface area contributed by atoms with Gasteiger partial charge in [-0.05, 0) is 104 Å². The molecule has 5 aliphatic rings. The van der Waals surface area contributed by atoms with E-state index in [0.29, 0.717) is 47.5 Å². The van der Waals surface area contributed by atoms with Crippen molar-refractivity contribution in [2.24, 2.45) is 35.5 Å². The molecule has 3 heteroatoms. The lowest BCUT2D eigenvalue weighted by Gasteiger charge is -2.30. The molecule has 5 atom stereocenters. The number of hydrogen-bond acceptors (Lipinski definition) is 3. The molecule has 0 spiro atoms. The number of carbonyl (C=O) groups is 2. The summed E-state index contributed by atoms with van der Waals surface area (Å²) in [6.07, 6.45) is 30.1. The van der Waals surface area contributed by atoms with Gasteiger partial charge in [-0.3, -0.25) is 14.6 Å². The second-order valence-corrected chi connectivity index (χ2v) is 14.3. The first kappa shape index (κ1) is 31.5. The first-order valence-corrected chi connectivity index (χ1v) is 17.6. The molecule has 234 valence electrons. The Morgan fingerprint density at radius 1 is 0.978 bits per heavy atom. The molecule has 0 saturated heterocycles. The fourth-order valence-electron chi connectivity index (χ4n) is 7.83. The van der Waals surface area contributed by atoms with Crippen molar-refractivity contribution < 1.29 is 9.59 Å². The van der Waals surface area contributed by atoms with Gasteiger partial charge >= 0.3 is 0 Å². The van der Waals surface area contributed by atoms with E-state index in [9.17, 15) is 9.59 Å². The van der Waals surface area contributed by atoms with E-state index in [4.69, 9.17) is 0 Å². The van der Waals surface area contributed by atoms with Crippen LogP contribution < -0.4 is 0 Å². The molecule has 0 aliphatic heterocycles. The molecule has 45 heavy (non-hydrogen) atoms. The van der Waals surface area contributed by atoms with Crippen LogP contribution in [0.1, 0.15) is 114 Å². The number of ketones is 2. The van der Waals surface area contributed by atoms with Crippen LogP contribution in [0.3, 0.4) is 0 Å². The van der Waals surface area contributed by atoms with Crippen LogP contribution in [-0.2, 0) is 4.79 Å². The highest BCUT2D eigenvalue weighted by Crippen LogP contribution is 2.41. The molecule has 0 N–H and O–H groups in total. The van der Waals surface area contributed by atoms with Gasteiger partial charge in [-0.2, -0.15) is 0 Å². The molecule has 0 aromatic carbocycles. The second kappa shape index (κ2) is 14.3. The van der Waals surface area contributed by atoms with E-state index >= 15 is 0 Å². The van der Waals surface area contributed by atoms with Gasteiger partial charge in [0.05, 0.1) is 0 Å². The molecule has 0 bridgehead atoms. The lowest BCUT2D eigenvalue weighted by atomic mass is 9.74. The molecule has 2 fully saturated rings. The summed E-state index contributed by atoms with van der Waals surface area (Å²) in [4.78, 5) is 30.4. The Kier molecular flexibility index (Phi) is 9.99. The van der Waals surface area contributed by atoms with Gasteiger partial charge < -0.3 is 0 Å². The van der Waals surface area contributed by atoms with E-state index in [-0.39, 0.29) is 5.78 Å². The molecule has 3 nitrogen and oxygen atoms in total. The monoisotopic (exact) mass is 599 g/mol. The Balaban J connectivity index is 1.03. The van der Waals surface area contributed by atoms with Gasteiger partial charge in [-0.25, -0.2) is 0 Å². The first-order valence-electron chi connectivity index (χ1n) is 17.6. The largest absolute Gasteiger partial charge is 0.294 e. The number of rotatable bonds is 9. The normalized spacial score (nSPS) is 27.7. The quantitative estimate of drug-likeness (QED) is 0.210. The van der Waals surface area contributed by atoms with Crippen molar-refractivity contribution in [3.63, 3.8) is 0 Å². The van der Waals surface area contributed by atoms with Crippen LogP contribution in [-0.4, -0.2) is 16.6 Å². The summed E-state index contributed by atoms with van der Waals surface area (Å²) >= 11 is 0. The minimum absolute atomic E-state index is 0.0825. The van der Waals surface area contributed by atoms with Crippen molar-refractivity contribution in [1.82, 2.24) is 4.98 Å². The molecule has 5 unspecified atom stereocenters. The Morgan fingerprint density at radius 2 is 1.82 bits per heavy atom. The van der Waals surface area contributed by atoms with Crippen molar-refractivity contribution in [1.29, 1.82) is 0 Å². The van der Waals surface area contributed by atoms with Crippen LogP contribution in [0.25, 0.3) is 0 Å². The number of fused-ring (bicyclic) bond motifs is 2. The number of aromatic nitrogens is 1. The maximum absolute atomic E-state index is 13.2. The maximum atomic E-state index is 13.2. The minimum atomic E-state index is 0.0825. The number of pyridine rings is 1. The van der Waals surface area contributed by atoms with Crippen molar-refractivity contribution in [2.75, 3.05) is 0 Å². The summed E-state index contributed by atoms with van der Waals surface area (Å²) in [6, 6.07) is 3.77. The molecule has 1 aromatic heterocycles. The van der Waals surface area contributed by atoms with Gasteiger partial charge in [0, 0.05) is 35.7 Å². The summed E-state index contributed by atoms with van der Waals surface area (Å²) in [5.41, 5.74) is 7.66. The Hall–Kier alpha value is -3.51. The van der Waals surface area contributed by atoms with Gasteiger partial charge in [0.15, 0.2) is 11.6 Å². The zero-order chi connectivity index (χ0) is 31.3. The average molecular weight is 600 g/mol. The first-order chi connectivity index (χ1) is 21.9. The maximum Gasteiger partial charge on any atom is 0.181 e. The minimum Gasteiger partial charge on any atom is -0.294 e. The van der Waals surface area contributed by atoms with Crippen LogP contribution in [0.15, 0.2) is 88.7 Å². The Bertz CT molecular complexity index is 1560. The van der Waals surface area contributed by atoms with E-state index < -0.39 is 0 Å². The number of Topliss-reactive ketones (excluding diaryl/α,β-unsaturated/α-hetero) is 2. The van der Waals surface area contributed by atoms with Crippen LogP contribution in [0.4, 0.5) is 0 Å². The Labute approximate surface area is 270 Å². The van der Waals surface area contributed by atoms with Crippen molar-refractivity contribution in [3.05, 3.63) is 100.0 Å². The third-order valence-corrected chi connectivity index (χ3v) is 11.0. The molecular weight excluding hydrogens is 550 g/mol. The second-order valence-electron chi connectivity index (χ2n) is 14.3. The zero-order valence-corrected chi connectivity index (χ0v) is 27.5. The highest BCUT2D eigenvalue weighted by Gasteiger charge is 2.31. The van der Waals surface area contributed by atoms with Crippen molar-refractivity contribution in [3.8, 4) is 11.8 Å². The third kappa shape index (κ3) is 7.84. The van der Waals surface area contributed by atoms with E-state index in [2.05, 4.69) is 80.1 Å². The van der Waals surface area contributed by atoms with E-state index in [0.717, 1.165) is 55.6 Å². The van der Waals surface area contributed by atoms with Crippen LogP contribution in [0.5, 0.6) is 0 Å². The fourth-order valence-corrected chi connectivity index (χ4v) is 7.83. The van der Waals surface area contributed by atoms with Gasteiger partial charge in [-0.1, -0.05) is 99.5 Å². The van der Waals surface area contributed by atoms with Crippen LogP contribution in [0.2, 0.25) is 0 Å². The van der Waals surface area contributed by atoms with Crippen LogP contribution >= 0.6 is 0 Å². The lowest BCUT2D eigenvalue weighted by molar-refractivity contribution is -0.117. The van der Waals surface area contributed by atoms with E-state index in [1.165, 1.54) is 54.4 Å². The number of carbonyl (C=O) groups excluding carboxylic acids is 2. The van der Waals surface area contributed by atoms with E-state index in [1.54, 1.807) is 6.20 Å². The summed E-state index contributed by atoms with van der Waals surface area (Å²) in [5.74, 6) is 10.3. The summed E-state index contributed by atoms with van der Waals surface area (Å²) in [7, 11) is 0. The number of allylic oxidation sites excluding steroid dienone is 12. The summed E-state index contributed by atoms with van der Waals surface area (Å²) in [5, 5.41) is 0. The molecule has 2 saturated carbocycles. The third-order valence-electron chi connectivity index (χ3n) is 11.0. The Morgan fingerprint density at radius 3 is 2.67 bits per heavy atom. The van der Waals surface area contributed by atoms with Gasteiger partial charge in [0.2, 0.25) is 0 Å². The highest BCUT2D eigenvalue weighted by atomic mass is 16.1. The molecule has 6 rings (SSSR count). The summed E-state index contributed by atoms with van der Waals surface area (Å²) < 4.78 is 0. The predicted octanol–water partition coefficient (Wildman–Crippen LogP) is 9.88. The molecule has 5 aliphatic carbocycles. The zero-order valence-electron chi connectivity index (χ0n) is 27.5. The smallest absolute Gasteiger partial charge is 0.181 e. The SMILES string of the molecule is CC1=C2C=CC=CCC2C(C)C(C#Cc2ccnc(C(=O)CCCC3C=C4CC(CCCC5CC5)CC(=O)C4=CC3)c2)=CC1C. The molecule has 0 amide bonds. The average Bonchev–Trinajstić information content (AvgIpc) is 3.89. The summed E-state index contributed by atoms with van der Waals surface area (Å²) in [6.45, 7) is 6.81. The van der Waals surface area contributed by atoms with Gasteiger partial charge in [0.1, 0.15) is 5.69 Å². The molecule has 1 heterocycles. The topological polar surface area (TPSA) is 47.0 Å². The highest BCUT2D eigenvalue weighted by molar-refractivity contribution is 6.01. The van der Waals surface area contributed by atoms with E-state index in [1.807, 2.05) is 12.1 Å². The molecular formula is C42H49NO2. The van der Waals surface area contributed by atoms with Gasteiger partial charge in [-0.15, -0.1) is 0 Å². The van der Waals surface area contributed by atoms with Crippen molar-refractivity contribution in [2.45, 2.75) is 97.8 Å².